The van der Waals surface area contributed by atoms with Crippen LogP contribution in [0.1, 0.15) is 25.5 Å². The van der Waals surface area contributed by atoms with E-state index in [0.29, 0.717) is 0 Å². The highest BCUT2D eigenvalue weighted by atomic mass is 16.5. The number of nitrogens with zero attached hydrogens (tertiary/aromatic N) is 1. The fourth-order valence-corrected chi connectivity index (χ4v) is 3.19. The van der Waals surface area contributed by atoms with Gasteiger partial charge in [0.2, 0.25) is 0 Å². The van der Waals surface area contributed by atoms with Gasteiger partial charge < -0.3 is 15.2 Å². The zero-order chi connectivity index (χ0) is 15.5. The maximum atomic E-state index is 6.50. The molecule has 0 aromatic heterocycles. The van der Waals surface area contributed by atoms with Crippen LogP contribution in [0.15, 0.2) is 30.3 Å². The maximum Gasteiger partial charge on any atom is 0.0971 e. The summed E-state index contributed by atoms with van der Waals surface area (Å²) in [5.41, 5.74) is 7.67. The van der Waals surface area contributed by atoms with Crippen molar-refractivity contribution in [2.75, 3.05) is 33.9 Å². The topological polar surface area (TPSA) is 47.7 Å². The number of methoxy groups -OCH3 is 2. The lowest BCUT2D eigenvalue weighted by Gasteiger charge is -2.35. The molecule has 1 saturated heterocycles. The normalized spacial score (nSPS) is 25.2. The van der Waals surface area contributed by atoms with Gasteiger partial charge in [-0.2, -0.15) is 0 Å². The standard InChI is InChI=1S/C17H28N2O2/c1-17(2,16(18)13-8-6-5-7-9-13)12-19-10-14(20-3)15(11-19)21-4/h5-9,14-16H,10-12,18H2,1-4H3. The number of nitrogens with two attached hydrogens (primary N) is 1. The number of ether oxygens (including phenoxy) is 2. The highest BCUT2D eigenvalue weighted by Crippen LogP contribution is 2.33. The second-order valence-corrected chi connectivity index (χ2v) is 6.62. The summed E-state index contributed by atoms with van der Waals surface area (Å²) < 4.78 is 11.0. The van der Waals surface area contributed by atoms with Crippen LogP contribution in [0.25, 0.3) is 0 Å². The molecule has 1 aromatic carbocycles. The van der Waals surface area contributed by atoms with Crippen LogP contribution >= 0.6 is 0 Å². The molecule has 1 aliphatic heterocycles. The smallest absolute Gasteiger partial charge is 0.0971 e. The molecule has 21 heavy (non-hydrogen) atoms. The molecule has 3 atom stereocenters. The molecule has 1 fully saturated rings. The van der Waals surface area contributed by atoms with Gasteiger partial charge in [-0.1, -0.05) is 44.2 Å². The van der Waals surface area contributed by atoms with Crippen molar-refractivity contribution in [1.82, 2.24) is 4.90 Å². The molecule has 1 aromatic rings. The Morgan fingerprint density at radius 3 is 2.14 bits per heavy atom. The van der Waals surface area contributed by atoms with Crippen molar-refractivity contribution in [3.63, 3.8) is 0 Å². The Bertz CT molecular complexity index is 424. The fraction of sp³-hybridized carbons (Fsp3) is 0.647. The number of hydrogen-bond acceptors (Lipinski definition) is 4. The van der Waals surface area contributed by atoms with Crippen molar-refractivity contribution in [3.05, 3.63) is 35.9 Å². The van der Waals surface area contributed by atoms with Gasteiger partial charge >= 0.3 is 0 Å². The first-order valence-electron chi connectivity index (χ1n) is 7.56. The van der Waals surface area contributed by atoms with Crippen LogP contribution in [0, 0.1) is 5.41 Å². The molecule has 4 heteroatoms. The molecule has 0 spiro atoms. The Hall–Kier alpha value is -0.940. The average Bonchev–Trinajstić information content (AvgIpc) is 2.88. The molecule has 0 aliphatic carbocycles. The molecule has 2 N–H and O–H groups in total. The molecular formula is C17H28N2O2. The molecule has 2 rings (SSSR count). The number of benzene rings is 1. The zero-order valence-electron chi connectivity index (χ0n) is 13.6. The van der Waals surface area contributed by atoms with Gasteiger partial charge in [0.25, 0.3) is 0 Å². The highest BCUT2D eigenvalue weighted by molar-refractivity contribution is 5.20. The maximum absolute atomic E-state index is 6.50. The van der Waals surface area contributed by atoms with Gasteiger partial charge in [-0.15, -0.1) is 0 Å². The summed E-state index contributed by atoms with van der Waals surface area (Å²) in [5, 5.41) is 0. The first kappa shape index (κ1) is 16.4. The van der Waals surface area contributed by atoms with Crippen molar-refractivity contribution in [1.29, 1.82) is 0 Å². The van der Waals surface area contributed by atoms with E-state index in [0.717, 1.165) is 19.6 Å². The Labute approximate surface area is 128 Å². The van der Waals surface area contributed by atoms with Gasteiger partial charge in [0.05, 0.1) is 12.2 Å². The van der Waals surface area contributed by atoms with Crippen molar-refractivity contribution < 1.29 is 9.47 Å². The number of rotatable bonds is 6. The quantitative estimate of drug-likeness (QED) is 0.872. The minimum atomic E-state index is -0.0116. The molecule has 1 aliphatic rings. The van der Waals surface area contributed by atoms with Crippen LogP contribution in [0.4, 0.5) is 0 Å². The SMILES string of the molecule is COC1CN(CC(C)(C)C(N)c2ccccc2)CC1OC. The molecule has 0 saturated carbocycles. The molecule has 4 nitrogen and oxygen atoms in total. The van der Waals surface area contributed by atoms with Gasteiger partial charge in [0.1, 0.15) is 0 Å². The molecule has 0 radical (unpaired) electrons. The zero-order valence-corrected chi connectivity index (χ0v) is 13.6. The first-order chi connectivity index (χ1) is 9.97. The predicted octanol–water partition coefficient (Wildman–Crippen LogP) is 2.06. The molecule has 118 valence electrons. The van der Waals surface area contributed by atoms with Crippen LogP contribution in [0.3, 0.4) is 0 Å². The van der Waals surface area contributed by atoms with Gasteiger partial charge in [-0.3, -0.25) is 4.90 Å². The van der Waals surface area contributed by atoms with E-state index >= 15 is 0 Å². The van der Waals surface area contributed by atoms with E-state index in [1.807, 2.05) is 18.2 Å². The van der Waals surface area contributed by atoms with Crippen LogP contribution < -0.4 is 5.73 Å². The predicted molar refractivity (Wildman–Crippen MR) is 85.2 cm³/mol. The van der Waals surface area contributed by atoms with Crippen LogP contribution in [-0.2, 0) is 9.47 Å². The lowest BCUT2D eigenvalue weighted by Crippen LogP contribution is -2.40. The van der Waals surface area contributed by atoms with Crippen molar-refractivity contribution in [3.8, 4) is 0 Å². The minimum Gasteiger partial charge on any atom is -0.377 e. The van der Waals surface area contributed by atoms with E-state index in [1.54, 1.807) is 14.2 Å². The van der Waals surface area contributed by atoms with Gasteiger partial charge in [-0.05, 0) is 11.0 Å². The molecular weight excluding hydrogens is 264 g/mol. The van der Waals surface area contributed by atoms with E-state index in [-0.39, 0.29) is 23.7 Å². The van der Waals surface area contributed by atoms with Crippen molar-refractivity contribution in [2.45, 2.75) is 32.1 Å². The second kappa shape index (κ2) is 6.88. The van der Waals surface area contributed by atoms with E-state index in [1.165, 1.54) is 5.56 Å². The molecule has 0 bridgehead atoms. The van der Waals surface area contributed by atoms with E-state index < -0.39 is 0 Å². The summed E-state index contributed by atoms with van der Waals surface area (Å²) in [4.78, 5) is 2.39. The summed E-state index contributed by atoms with van der Waals surface area (Å²) in [6.07, 6.45) is 0.303. The molecule has 1 heterocycles. The Balaban J connectivity index is 2.01. The average molecular weight is 292 g/mol. The molecule has 0 amide bonds. The largest absolute Gasteiger partial charge is 0.377 e. The van der Waals surface area contributed by atoms with E-state index in [2.05, 4.69) is 30.9 Å². The number of likely N-dealkylation sites (tertiary alicyclic amines) is 1. The summed E-state index contributed by atoms with van der Waals surface area (Å²) in [6, 6.07) is 10.3. The lowest BCUT2D eigenvalue weighted by molar-refractivity contribution is -0.00461. The summed E-state index contributed by atoms with van der Waals surface area (Å²) >= 11 is 0. The van der Waals surface area contributed by atoms with Gasteiger partial charge in [0.15, 0.2) is 0 Å². The minimum absolute atomic E-state index is 0.0116. The highest BCUT2D eigenvalue weighted by Gasteiger charge is 2.37. The third-order valence-electron chi connectivity index (χ3n) is 4.53. The van der Waals surface area contributed by atoms with Crippen LogP contribution in [0.5, 0.6) is 0 Å². The molecule has 3 unspecified atom stereocenters. The van der Waals surface area contributed by atoms with Crippen LogP contribution in [0.2, 0.25) is 0 Å². The van der Waals surface area contributed by atoms with Crippen molar-refractivity contribution >= 4 is 0 Å². The van der Waals surface area contributed by atoms with Crippen LogP contribution in [-0.4, -0.2) is 51.0 Å². The van der Waals surface area contributed by atoms with E-state index in [4.69, 9.17) is 15.2 Å². The first-order valence-corrected chi connectivity index (χ1v) is 7.56. The van der Waals surface area contributed by atoms with E-state index in [9.17, 15) is 0 Å². The summed E-state index contributed by atoms with van der Waals surface area (Å²) in [5.74, 6) is 0. The van der Waals surface area contributed by atoms with Gasteiger partial charge in [0, 0.05) is 39.9 Å². The third kappa shape index (κ3) is 3.83. The monoisotopic (exact) mass is 292 g/mol. The third-order valence-corrected chi connectivity index (χ3v) is 4.53. The fourth-order valence-electron chi connectivity index (χ4n) is 3.19. The lowest BCUT2D eigenvalue weighted by atomic mass is 9.80. The Morgan fingerprint density at radius 1 is 1.14 bits per heavy atom. The van der Waals surface area contributed by atoms with Crippen molar-refractivity contribution in [2.24, 2.45) is 11.1 Å². The Kier molecular flexibility index (Phi) is 5.38. The Morgan fingerprint density at radius 2 is 1.67 bits per heavy atom. The summed E-state index contributed by atoms with van der Waals surface area (Å²) in [7, 11) is 3.50. The number of hydrogen-bond donors (Lipinski definition) is 1. The second-order valence-electron chi connectivity index (χ2n) is 6.62. The summed E-state index contributed by atoms with van der Waals surface area (Å²) in [6.45, 7) is 7.20. The van der Waals surface area contributed by atoms with Gasteiger partial charge in [-0.25, -0.2) is 0 Å².